The van der Waals surface area contributed by atoms with Crippen molar-refractivity contribution in [3.63, 3.8) is 0 Å². The Kier molecular flexibility index (Phi) is 5.97. The van der Waals surface area contributed by atoms with Crippen LogP contribution < -0.4 is 0 Å². The van der Waals surface area contributed by atoms with Gasteiger partial charge in [-0.15, -0.1) is 0 Å². The molecule has 2 aromatic rings. The van der Waals surface area contributed by atoms with Gasteiger partial charge in [0.25, 0.3) is 0 Å². The minimum Gasteiger partial charge on any atom is -0.385 e. The fourth-order valence-electron chi connectivity index (χ4n) is 3.21. The molecular weight excluding hydrogens is 326 g/mol. The molecule has 1 aliphatic rings. The third kappa shape index (κ3) is 4.46. The predicted molar refractivity (Wildman–Crippen MR) is 101 cm³/mol. The number of hydrogen-bond acceptors (Lipinski definition) is 4. The van der Waals surface area contributed by atoms with Crippen molar-refractivity contribution in [1.82, 2.24) is 4.90 Å². The van der Waals surface area contributed by atoms with Gasteiger partial charge in [-0.1, -0.05) is 60.7 Å². The molecule has 26 heavy (non-hydrogen) atoms. The summed E-state index contributed by atoms with van der Waals surface area (Å²) in [7, 11) is 0. The number of carbonyl (C=O) groups is 2. The van der Waals surface area contributed by atoms with E-state index in [1.807, 2.05) is 24.3 Å². The third-order valence-corrected chi connectivity index (χ3v) is 4.63. The van der Waals surface area contributed by atoms with Crippen LogP contribution in [0.3, 0.4) is 0 Å². The number of Topliss-reactive ketones (excluding diaryl/α,β-unsaturated/α-hetero) is 1. The summed E-state index contributed by atoms with van der Waals surface area (Å²) in [6.45, 7) is 1.69. The molecule has 1 atom stereocenters. The molecule has 1 saturated heterocycles. The number of carbonyl (C=O) groups excluding carboxylic acids is 2. The second-order valence-electron chi connectivity index (χ2n) is 6.51. The molecular formula is C22H23NO3. The molecule has 0 spiro atoms. The first-order valence-electron chi connectivity index (χ1n) is 8.97. The summed E-state index contributed by atoms with van der Waals surface area (Å²) in [5.74, 6) is -0.422. The molecule has 4 heteroatoms. The van der Waals surface area contributed by atoms with Crippen molar-refractivity contribution in [1.29, 1.82) is 0 Å². The number of benzene rings is 2. The molecule has 134 valence electrons. The Hall–Kier alpha value is -2.72. The van der Waals surface area contributed by atoms with Crippen molar-refractivity contribution in [3.05, 3.63) is 83.6 Å². The van der Waals surface area contributed by atoms with Gasteiger partial charge in [-0.25, -0.2) is 0 Å². The Morgan fingerprint density at radius 3 is 2.04 bits per heavy atom. The van der Waals surface area contributed by atoms with Crippen LogP contribution in [0.2, 0.25) is 0 Å². The van der Waals surface area contributed by atoms with Gasteiger partial charge in [0.05, 0.1) is 0 Å². The molecule has 0 bridgehead atoms. The van der Waals surface area contributed by atoms with Gasteiger partial charge in [-0.2, -0.15) is 0 Å². The fourth-order valence-corrected chi connectivity index (χ4v) is 3.21. The van der Waals surface area contributed by atoms with Crippen LogP contribution in [-0.4, -0.2) is 40.8 Å². The van der Waals surface area contributed by atoms with Gasteiger partial charge < -0.3 is 10.0 Å². The van der Waals surface area contributed by atoms with Gasteiger partial charge in [0.2, 0.25) is 0 Å². The highest BCUT2D eigenvalue weighted by atomic mass is 16.3. The lowest BCUT2D eigenvalue weighted by Gasteiger charge is -2.23. The zero-order valence-corrected chi connectivity index (χ0v) is 14.7. The highest BCUT2D eigenvalue weighted by molar-refractivity contribution is 6.05. The number of rotatable bonds is 7. The molecule has 0 aromatic heterocycles. The van der Waals surface area contributed by atoms with Crippen LogP contribution in [0.25, 0.3) is 0 Å². The predicted octanol–water partition coefficient (Wildman–Crippen LogP) is 3.48. The number of allylic oxidation sites excluding steroid dienone is 1. The highest BCUT2D eigenvalue weighted by Crippen LogP contribution is 2.21. The number of likely N-dealkylation sites (tertiary alicyclic amines) is 1. The molecule has 2 aromatic carbocycles. The molecule has 0 saturated carbocycles. The summed E-state index contributed by atoms with van der Waals surface area (Å²) in [4.78, 5) is 27.1. The molecule has 1 heterocycles. The Bertz CT molecular complexity index is 778. The minimum atomic E-state index is -1.16. The summed E-state index contributed by atoms with van der Waals surface area (Å²) >= 11 is 0. The summed E-state index contributed by atoms with van der Waals surface area (Å²) in [6, 6.07) is 17.8. The van der Waals surface area contributed by atoms with Crippen molar-refractivity contribution in [2.75, 3.05) is 13.1 Å². The van der Waals surface area contributed by atoms with Crippen LogP contribution in [0.4, 0.5) is 0 Å². The van der Waals surface area contributed by atoms with E-state index in [0.717, 1.165) is 31.6 Å². The van der Waals surface area contributed by atoms with E-state index < -0.39 is 6.10 Å². The van der Waals surface area contributed by atoms with E-state index in [0.29, 0.717) is 11.1 Å². The third-order valence-electron chi connectivity index (χ3n) is 4.63. The molecule has 0 aliphatic carbocycles. The maximum Gasteiger partial charge on any atom is 0.191 e. The number of hydrogen-bond donors (Lipinski definition) is 1. The largest absolute Gasteiger partial charge is 0.385 e. The lowest BCUT2D eigenvalue weighted by atomic mass is 10.0. The second kappa shape index (κ2) is 8.59. The summed E-state index contributed by atoms with van der Waals surface area (Å²) in [5, 5.41) is 10.5. The Morgan fingerprint density at radius 1 is 0.923 bits per heavy atom. The van der Waals surface area contributed by atoms with Crippen molar-refractivity contribution in [2.24, 2.45) is 0 Å². The zero-order chi connectivity index (χ0) is 18.4. The van der Waals surface area contributed by atoms with Crippen LogP contribution >= 0.6 is 0 Å². The highest BCUT2D eigenvalue weighted by Gasteiger charge is 2.23. The molecule has 1 N–H and O–H groups in total. The molecule has 3 rings (SSSR count). The van der Waals surface area contributed by atoms with E-state index >= 15 is 0 Å². The molecule has 1 fully saturated rings. The molecule has 1 unspecified atom stereocenters. The van der Waals surface area contributed by atoms with Crippen LogP contribution in [0.5, 0.6) is 0 Å². The number of nitrogens with zero attached hydrogens (tertiary/aromatic N) is 1. The second-order valence-corrected chi connectivity index (χ2v) is 6.51. The summed E-state index contributed by atoms with van der Waals surface area (Å²) in [5.41, 5.74) is 1.82. The SMILES string of the molecule is O=C(C=C(CC(O)C(=O)c1ccccc1)N1CCCC1)c1ccccc1. The summed E-state index contributed by atoms with van der Waals surface area (Å²) < 4.78 is 0. The average molecular weight is 349 g/mol. The molecule has 0 radical (unpaired) electrons. The van der Waals surface area contributed by atoms with Gasteiger partial charge in [0, 0.05) is 42.4 Å². The first-order chi connectivity index (χ1) is 12.6. The van der Waals surface area contributed by atoms with Crippen LogP contribution in [0, 0.1) is 0 Å². The number of aliphatic hydroxyl groups is 1. The average Bonchev–Trinajstić information content (AvgIpc) is 3.23. The normalized spacial score (nSPS) is 15.7. The maximum atomic E-state index is 12.6. The lowest BCUT2D eigenvalue weighted by molar-refractivity contribution is 0.0733. The van der Waals surface area contributed by atoms with E-state index in [4.69, 9.17) is 0 Å². The van der Waals surface area contributed by atoms with E-state index in [9.17, 15) is 14.7 Å². The van der Waals surface area contributed by atoms with E-state index in [1.165, 1.54) is 0 Å². The topological polar surface area (TPSA) is 57.6 Å². The van der Waals surface area contributed by atoms with Gasteiger partial charge in [-0.3, -0.25) is 9.59 Å². The quantitative estimate of drug-likeness (QED) is 0.614. The molecule has 1 aliphatic heterocycles. The van der Waals surface area contributed by atoms with Crippen molar-refractivity contribution >= 4 is 11.6 Å². The van der Waals surface area contributed by atoms with Gasteiger partial charge >= 0.3 is 0 Å². The lowest BCUT2D eigenvalue weighted by Crippen LogP contribution is -2.27. The zero-order valence-electron chi connectivity index (χ0n) is 14.7. The van der Waals surface area contributed by atoms with Crippen LogP contribution in [-0.2, 0) is 0 Å². The Morgan fingerprint density at radius 2 is 1.46 bits per heavy atom. The molecule has 0 amide bonds. The fraction of sp³-hybridized carbons (Fsp3) is 0.273. The smallest absolute Gasteiger partial charge is 0.191 e. The van der Waals surface area contributed by atoms with E-state index in [2.05, 4.69) is 4.90 Å². The van der Waals surface area contributed by atoms with Gasteiger partial charge in [0.1, 0.15) is 6.10 Å². The summed E-state index contributed by atoms with van der Waals surface area (Å²) in [6.07, 6.45) is 2.67. The van der Waals surface area contributed by atoms with Crippen molar-refractivity contribution in [2.45, 2.75) is 25.4 Å². The van der Waals surface area contributed by atoms with Crippen molar-refractivity contribution in [3.8, 4) is 0 Å². The molecule has 4 nitrogen and oxygen atoms in total. The van der Waals surface area contributed by atoms with E-state index in [1.54, 1.807) is 42.5 Å². The minimum absolute atomic E-state index is 0.105. The maximum absolute atomic E-state index is 12.6. The van der Waals surface area contributed by atoms with Gasteiger partial charge in [-0.05, 0) is 12.8 Å². The first kappa shape index (κ1) is 18.1. The Balaban J connectivity index is 1.79. The standard InChI is InChI=1S/C22H23NO3/c24-20(17-9-3-1-4-10-17)15-19(23-13-7-8-14-23)16-21(25)22(26)18-11-5-2-6-12-18/h1-6,9-12,15,21,25H,7-8,13-14,16H2. The van der Waals surface area contributed by atoms with Crippen LogP contribution in [0.1, 0.15) is 40.0 Å². The number of aliphatic hydroxyl groups excluding tert-OH is 1. The Labute approximate surface area is 153 Å². The van der Waals surface area contributed by atoms with E-state index in [-0.39, 0.29) is 18.0 Å². The van der Waals surface area contributed by atoms with Crippen molar-refractivity contribution < 1.29 is 14.7 Å². The number of ketones is 2. The monoisotopic (exact) mass is 349 g/mol. The van der Waals surface area contributed by atoms with Crippen LogP contribution in [0.15, 0.2) is 72.4 Å². The first-order valence-corrected chi connectivity index (χ1v) is 8.97. The van der Waals surface area contributed by atoms with Gasteiger partial charge in [0.15, 0.2) is 11.6 Å².